The number of halogens is 1. The van der Waals surface area contributed by atoms with Gasteiger partial charge in [-0.25, -0.2) is 9.37 Å². The van der Waals surface area contributed by atoms with E-state index < -0.39 is 11.7 Å². The molecule has 0 spiro atoms. The van der Waals surface area contributed by atoms with Crippen molar-refractivity contribution < 1.29 is 18.7 Å². The number of hydrogen-bond donors (Lipinski definition) is 2. The van der Waals surface area contributed by atoms with E-state index in [1.54, 1.807) is 48.7 Å². The Morgan fingerprint density at radius 3 is 2.47 bits per heavy atom. The molecule has 4 rings (SSSR count). The number of aromatic nitrogens is 2. The second-order valence-corrected chi connectivity index (χ2v) is 8.25. The van der Waals surface area contributed by atoms with Gasteiger partial charge in [0, 0.05) is 30.0 Å². The minimum atomic E-state index is -0.542. The molecule has 1 heterocycles. The third-order valence-corrected chi connectivity index (χ3v) is 5.82. The number of amides is 2. The Balaban J connectivity index is 1.37. The quantitative estimate of drug-likeness (QED) is 0.375. The lowest BCUT2D eigenvalue weighted by Gasteiger charge is -2.12. The third-order valence-electron chi connectivity index (χ3n) is 4.74. The Morgan fingerprint density at radius 2 is 1.74 bits per heavy atom. The third kappa shape index (κ3) is 5.81. The molecule has 1 aromatic heterocycles. The monoisotopic (exact) mass is 476 g/mol. The molecule has 7 nitrogen and oxygen atoms in total. The SMILES string of the molecule is Cn1ccnc1Sc1ccc(NC(=O)c2ccccc2OCC(=O)Nc2ccccc2F)cc1. The molecule has 4 aromatic rings. The summed E-state index contributed by atoms with van der Waals surface area (Å²) in [5.41, 5.74) is 0.945. The number of rotatable bonds is 8. The summed E-state index contributed by atoms with van der Waals surface area (Å²) < 4.78 is 21.2. The van der Waals surface area contributed by atoms with Crippen LogP contribution in [0.4, 0.5) is 15.8 Å². The number of imidazole rings is 1. The molecule has 0 unspecified atom stereocenters. The van der Waals surface area contributed by atoms with Gasteiger partial charge in [-0.15, -0.1) is 0 Å². The number of aryl methyl sites for hydroxylation is 1. The number of nitrogens with zero attached hydrogens (tertiary/aromatic N) is 2. The van der Waals surface area contributed by atoms with E-state index in [2.05, 4.69) is 15.6 Å². The Hall–Kier alpha value is -4.11. The minimum Gasteiger partial charge on any atom is -0.483 e. The molecule has 0 radical (unpaired) electrons. The van der Waals surface area contributed by atoms with Crippen LogP contribution in [0, 0.1) is 5.82 Å². The van der Waals surface area contributed by atoms with Crippen molar-refractivity contribution in [3.05, 3.63) is 96.6 Å². The van der Waals surface area contributed by atoms with E-state index in [0.717, 1.165) is 10.1 Å². The van der Waals surface area contributed by atoms with Crippen molar-refractivity contribution in [3.63, 3.8) is 0 Å². The smallest absolute Gasteiger partial charge is 0.262 e. The van der Waals surface area contributed by atoms with Crippen molar-refractivity contribution in [1.29, 1.82) is 0 Å². The van der Waals surface area contributed by atoms with E-state index >= 15 is 0 Å². The highest BCUT2D eigenvalue weighted by Gasteiger charge is 2.14. The van der Waals surface area contributed by atoms with Gasteiger partial charge in [-0.05, 0) is 48.5 Å². The fraction of sp³-hybridized carbons (Fsp3) is 0.0800. The second-order valence-electron chi connectivity index (χ2n) is 7.21. The molecule has 0 aliphatic heterocycles. The van der Waals surface area contributed by atoms with Crippen molar-refractivity contribution in [2.45, 2.75) is 10.1 Å². The summed E-state index contributed by atoms with van der Waals surface area (Å²) >= 11 is 1.52. The molecule has 172 valence electrons. The lowest BCUT2D eigenvalue weighted by atomic mass is 10.2. The van der Waals surface area contributed by atoms with Crippen molar-refractivity contribution in [1.82, 2.24) is 9.55 Å². The first-order valence-corrected chi connectivity index (χ1v) is 11.1. The summed E-state index contributed by atoms with van der Waals surface area (Å²) in [7, 11) is 1.92. The zero-order valence-corrected chi connectivity index (χ0v) is 19.0. The molecule has 34 heavy (non-hydrogen) atoms. The molecule has 0 bridgehead atoms. The second kappa shape index (κ2) is 10.7. The summed E-state index contributed by atoms with van der Waals surface area (Å²) in [5, 5.41) is 6.14. The van der Waals surface area contributed by atoms with Crippen LogP contribution in [0.5, 0.6) is 5.75 Å². The summed E-state index contributed by atoms with van der Waals surface area (Å²) in [6, 6.07) is 19.8. The van der Waals surface area contributed by atoms with E-state index in [1.807, 2.05) is 29.9 Å². The average molecular weight is 477 g/mol. The van der Waals surface area contributed by atoms with Gasteiger partial charge in [0.1, 0.15) is 11.6 Å². The van der Waals surface area contributed by atoms with Gasteiger partial charge in [0.15, 0.2) is 11.8 Å². The van der Waals surface area contributed by atoms with Crippen molar-refractivity contribution >= 4 is 35.0 Å². The van der Waals surface area contributed by atoms with Crippen molar-refractivity contribution in [2.24, 2.45) is 7.05 Å². The molecule has 9 heteroatoms. The van der Waals surface area contributed by atoms with Gasteiger partial charge in [0.2, 0.25) is 0 Å². The Bertz CT molecular complexity index is 1310. The molecule has 0 saturated carbocycles. The van der Waals surface area contributed by atoms with Crippen LogP contribution in [0.3, 0.4) is 0 Å². The molecular formula is C25H21FN4O3S. The van der Waals surface area contributed by atoms with E-state index in [-0.39, 0.29) is 29.5 Å². The molecule has 0 atom stereocenters. The number of para-hydroxylation sites is 2. The summed E-state index contributed by atoms with van der Waals surface area (Å²) in [6.07, 6.45) is 3.61. The number of nitrogens with one attached hydrogen (secondary N) is 2. The largest absolute Gasteiger partial charge is 0.483 e. The topological polar surface area (TPSA) is 85.2 Å². The fourth-order valence-corrected chi connectivity index (χ4v) is 3.83. The van der Waals surface area contributed by atoms with Crippen molar-refractivity contribution in [3.8, 4) is 5.75 Å². The van der Waals surface area contributed by atoms with Gasteiger partial charge in [0.25, 0.3) is 11.8 Å². The van der Waals surface area contributed by atoms with Gasteiger partial charge in [0.05, 0.1) is 11.3 Å². The highest BCUT2D eigenvalue weighted by Crippen LogP contribution is 2.27. The molecule has 2 amide bonds. The van der Waals surface area contributed by atoms with Crippen LogP contribution in [0.1, 0.15) is 10.4 Å². The Kier molecular flexibility index (Phi) is 7.24. The molecule has 0 fully saturated rings. The lowest BCUT2D eigenvalue weighted by Crippen LogP contribution is -2.22. The van der Waals surface area contributed by atoms with E-state index in [4.69, 9.17) is 4.74 Å². The maximum Gasteiger partial charge on any atom is 0.262 e. The molecule has 3 aromatic carbocycles. The van der Waals surface area contributed by atoms with Gasteiger partial charge < -0.3 is 19.9 Å². The van der Waals surface area contributed by atoms with Gasteiger partial charge in [-0.1, -0.05) is 36.0 Å². The Morgan fingerprint density at radius 1 is 1.00 bits per heavy atom. The van der Waals surface area contributed by atoms with E-state index in [1.165, 1.54) is 30.0 Å². The van der Waals surface area contributed by atoms with Crippen LogP contribution in [0.2, 0.25) is 0 Å². The van der Waals surface area contributed by atoms with Crippen LogP contribution < -0.4 is 15.4 Å². The lowest BCUT2D eigenvalue weighted by molar-refractivity contribution is -0.118. The minimum absolute atomic E-state index is 0.0617. The van der Waals surface area contributed by atoms with E-state index in [0.29, 0.717) is 5.69 Å². The normalized spacial score (nSPS) is 10.5. The fourth-order valence-electron chi connectivity index (χ4n) is 3.03. The molecule has 2 N–H and O–H groups in total. The van der Waals surface area contributed by atoms with E-state index in [9.17, 15) is 14.0 Å². The summed E-state index contributed by atoms with van der Waals surface area (Å²) in [6.45, 7) is -0.377. The maximum atomic E-state index is 13.7. The van der Waals surface area contributed by atoms with Gasteiger partial charge in [-0.2, -0.15) is 0 Å². The zero-order chi connectivity index (χ0) is 23.9. The predicted octanol–water partition coefficient (Wildman–Crippen LogP) is 4.98. The molecular weight excluding hydrogens is 455 g/mol. The summed E-state index contributed by atoms with van der Waals surface area (Å²) in [5.74, 6) is -1.22. The van der Waals surface area contributed by atoms with Crippen LogP contribution in [0.15, 0.2) is 95.2 Å². The highest BCUT2D eigenvalue weighted by molar-refractivity contribution is 7.99. The van der Waals surface area contributed by atoms with Crippen molar-refractivity contribution in [2.75, 3.05) is 17.2 Å². The molecule has 0 saturated heterocycles. The first-order chi connectivity index (χ1) is 16.5. The maximum absolute atomic E-state index is 13.7. The molecule has 0 aliphatic carbocycles. The average Bonchev–Trinajstić information content (AvgIpc) is 3.25. The zero-order valence-electron chi connectivity index (χ0n) is 18.2. The number of hydrogen-bond acceptors (Lipinski definition) is 5. The Labute approximate surface area is 200 Å². The van der Waals surface area contributed by atoms with Gasteiger partial charge >= 0.3 is 0 Å². The molecule has 0 aliphatic rings. The standard InChI is InChI=1S/C25H21FN4O3S/c1-30-15-14-27-25(30)34-18-12-10-17(11-13-18)28-24(32)19-6-2-5-9-22(19)33-16-23(31)29-21-8-4-3-7-20(21)26/h2-15H,16H2,1H3,(H,28,32)(H,29,31). The summed E-state index contributed by atoms with van der Waals surface area (Å²) in [4.78, 5) is 30.3. The van der Waals surface area contributed by atoms with Crippen LogP contribution in [-0.2, 0) is 11.8 Å². The van der Waals surface area contributed by atoms with Gasteiger partial charge in [-0.3, -0.25) is 9.59 Å². The number of carbonyl (C=O) groups is 2. The highest BCUT2D eigenvalue weighted by atomic mass is 32.2. The van der Waals surface area contributed by atoms with Crippen LogP contribution in [-0.4, -0.2) is 28.0 Å². The first kappa shape index (κ1) is 23.1. The number of carbonyl (C=O) groups excluding carboxylic acids is 2. The predicted molar refractivity (Wildman–Crippen MR) is 129 cm³/mol. The number of anilines is 2. The number of benzene rings is 3. The number of ether oxygens (including phenoxy) is 1. The first-order valence-electron chi connectivity index (χ1n) is 10.3. The van der Waals surface area contributed by atoms with Crippen LogP contribution in [0.25, 0.3) is 0 Å². The van der Waals surface area contributed by atoms with Crippen LogP contribution >= 0.6 is 11.8 Å².